The van der Waals surface area contributed by atoms with E-state index in [1.54, 1.807) is 18.2 Å². The van der Waals surface area contributed by atoms with Gasteiger partial charge in [-0.25, -0.2) is 0 Å². The standard InChI is InChI=1S/C23H21Cl2NOS/c1-14-10-11-16(15(2)12-14)20(27)13-22(23-17(24)6-5-7-18(23)25)28-21-9-4-3-8-19(21)26/h3-12,22H,13,26H2,1-2H3. The highest BCUT2D eigenvalue weighted by atomic mass is 35.5. The summed E-state index contributed by atoms with van der Waals surface area (Å²) in [7, 11) is 0. The molecular weight excluding hydrogens is 409 g/mol. The molecule has 0 heterocycles. The maximum atomic E-state index is 13.1. The average Bonchev–Trinajstić information content (AvgIpc) is 2.63. The molecule has 3 aromatic rings. The molecule has 0 radical (unpaired) electrons. The summed E-state index contributed by atoms with van der Waals surface area (Å²) >= 11 is 14.5. The van der Waals surface area contributed by atoms with Gasteiger partial charge in [-0.3, -0.25) is 4.79 Å². The maximum Gasteiger partial charge on any atom is 0.164 e. The molecule has 28 heavy (non-hydrogen) atoms. The Bertz CT molecular complexity index is 999. The first kappa shape index (κ1) is 20.8. The fourth-order valence-electron chi connectivity index (χ4n) is 3.17. The summed E-state index contributed by atoms with van der Waals surface area (Å²) in [5.74, 6) is 0.0560. The summed E-state index contributed by atoms with van der Waals surface area (Å²) in [6, 6.07) is 18.9. The van der Waals surface area contributed by atoms with E-state index >= 15 is 0 Å². The van der Waals surface area contributed by atoms with Crippen molar-refractivity contribution in [3.63, 3.8) is 0 Å². The maximum absolute atomic E-state index is 13.1. The largest absolute Gasteiger partial charge is 0.398 e. The molecule has 0 amide bonds. The number of carbonyl (C=O) groups excluding carboxylic acids is 1. The van der Waals surface area contributed by atoms with Crippen LogP contribution in [0.5, 0.6) is 0 Å². The quantitative estimate of drug-likeness (QED) is 0.254. The van der Waals surface area contributed by atoms with Crippen LogP contribution in [0.1, 0.15) is 38.7 Å². The molecule has 0 aromatic heterocycles. The van der Waals surface area contributed by atoms with E-state index in [1.807, 2.05) is 56.3 Å². The molecule has 0 fully saturated rings. The zero-order chi connectivity index (χ0) is 20.3. The van der Waals surface area contributed by atoms with Gasteiger partial charge in [-0.2, -0.15) is 0 Å². The van der Waals surface area contributed by atoms with E-state index in [-0.39, 0.29) is 17.5 Å². The van der Waals surface area contributed by atoms with Crippen LogP contribution in [0.25, 0.3) is 0 Å². The molecule has 0 saturated carbocycles. The first-order chi connectivity index (χ1) is 13.4. The SMILES string of the molecule is Cc1ccc(C(=O)CC(Sc2ccccc2N)c2c(Cl)cccc2Cl)c(C)c1. The smallest absolute Gasteiger partial charge is 0.164 e. The Morgan fingerprint density at radius 2 is 1.68 bits per heavy atom. The minimum atomic E-state index is -0.251. The molecule has 0 aliphatic heterocycles. The number of hydrogen-bond acceptors (Lipinski definition) is 3. The Hall–Kier alpha value is -1.94. The molecule has 1 atom stereocenters. The van der Waals surface area contributed by atoms with Crippen molar-refractivity contribution in [3.8, 4) is 0 Å². The number of ketones is 1. The van der Waals surface area contributed by atoms with Crippen molar-refractivity contribution < 1.29 is 4.79 Å². The third-order valence-corrected chi connectivity index (χ3v) is 6.53. The number of rotatable bonds is 6. The molecule has 2 nitrogen and oxygen atoms in total. The fraction of sp³-hybridized carbons (Fsp3) is 0.174. The lowest BCUT2D eigenvalue weighted by Gasteiger charge is -2.20. The van der Waals surface area contributed by atoms with Crippen molar-refractivity contribution in [1.29, 1.82) is 0 Å². The Morgan fingerprint density at radius 3 is 2.32 bits per heavy atom. The predicted molar refractivity (Wildman–Crippen MR) is 121 cm³/mol. The van der Waals surface area contributed by atoms with Crippen molar-refractivity contribution in [2.45, 2.75) is 30.4 Å². The Morgan fingerprint density at radius 1 is 1.00 bits per heavy atom. The topological polar surface area (TPSA) is 43.1 Å². The summed E-state index contributed by atoms with van der Waals surface area (Å²) in [6.07, 6.45) is 0.270. The van der Waals surface area contributed by atoms with Crippen LogP contribution in [-0.2, 0) is 0 Å². The summed E-state index contributed by atoms with van der Waals surface area (Å²) in [5.41, 5.74) is 10.4. The van der Waals surface area contributed by atoms with Crippen LogP contribution in [0.15, 0.2) is 65.6 Å². The Balaban J connectivity index is 1.98. The van der Waals surface area contributed by atoms with Gasteiger partial charge in [0, 0.05) is 43.4 Å². The first-order valence-corrected chi connectivity index (χ1v) is 10.6. The number of para-hydroxylation sites is 1. The van der Waals surface area contributed by atoms with Gasteiger partial charge in [-0.05, 0) is 43.7 Å². The lowest BCUT2D eigenvalue weighted by atomic mass is 9.97. The third-order valence-electron chi connectivity index (χ3n) is 4.56. The van der Waals surface area contributed by atoms with E-state index < -0.39 is 0 Å². The van der Waals surface area contributed by atoms with Crippen molar-refractivity contribution in [1.82, 2.24) is 0 Å². The minimum absolute atomic E-state index is 0.0560. The van der Waals surface area contributed by atoms with E-state index in [0.717, 1.165) is 27.1 Å². The van der Waals surface area contributed by atoms with E-state index in [0.29, 0.717) is 15.7 Å². The molecule has 0 spiro atoms. The van der Waals surface area contributed by atoms with Gasteiger partial charge >= 0.3 is 0 Å². The van der Waals surface area contributed by atoms with Gasteiger partial charge in [0.2, 0.25) is 0 Å². The summed E-state index contributed by atoms with van der Waals surface area (Å²) in [5, 5.41) is 0.847. The second kappa shape index (κ2) is 9.04. The van der Waals surface area contributed by atoms with Gasteiger partial charge in [-0.1, -0.05) is 65.2 Å². The lowest BCUT2D eigenvalue weighted by molar-refractivity contribution is 0.0981. The number of nitrogens with two attached hydrogens (primary N) is 1. The number of thioether (sulfide) groups is 1. The molecule has 0 saturated heterocycles. The van der Waals surface area contributed by atoms with Crippen LogP contribution in [0.3, 0.4) is 0 Å². The highest BCUT2D eigenvalue weighted by molar-refractivity contribution is 7.99. The third kappa shape index (κ3) is 4.72. The van der Waals surface area contributed by atoms with Crippen LogP contribution in [0.2, 0.25) is 10.0 Å². The molecule has 0 aliphatic carbocycles. The molecule has 144 valence electrons. The molecule has 5 heteroatoms. The van der Waals surface area contributed by atoms with Crippen molar-refractivity contribution in [2.75, 3.05) is 5.73 Å². The number of anilines is 1. The van der Waals surface area contributed by atoms with Crippen molar-refractivity contribution >= 4 is 46.4 Å². The van der Waals surface area contributed by atoms with E-state index in [9.17, 15) is 4.79 Å². The number of benzene rings is 3. The zero-order valence-corrected chi connectivity index (χ0v) is 18.0. The lowest BCUT2D eigenvalue weighted by Crippen LogP contribution is -2.08. The summed E-state index contributed by atoms with van der Waals surface area (Å²) in [6.45, 7) is 3.97. The number of carbonyl (C=O) groups is 1. The normalized spacial score (nSPS) is 12.0. The van der Waals surface area contributed by atoms with E-state index in [4.69, 9.17) is 28.9 Å². The molecule has 3 aromatic carbocycles. The highest BCUT2D eigenvalue weighted by Gasteiger charge is 2.24. The zero-order valence-electron chi connectivity index (χ0n) is 15.7. The van der Waals surface area contributed by atoms with Crippen LogP contribution < -0.4 is 5.73 Å². The molecule has 2 N–H and O–H groups in total. The predicted octanol–water partition coefficient (Wildman–Crippen LogP) is 7.30. The summed E-state index contributed by atoms with van der Waals surface area (Å²) in [4.78, 5) is 14.0. The number of nitrogen functional groups attached to an aromatic ring is 1. The van der Waals surface area contributed by atoms with Crippen LogP contribution in [-0.4, -0.2) is 5.78 Å². The van der Waals surface area contributed by atoms with Crippen LogP contribution >= 0.6 is 35.0 Å². The van der Waals surface area contributed by atoms with Gasteiger partial charge in [0.1, 0.15) is 0 Å². The molecule has 1 unspecified atom stereocenters. The fourth-order valence-corrected chi connectivity index (χ4v) is 5.23. The van der Waals surface area contributed by atoms with Gasteiger partial charge in [0.05, 0.1) is 0 Å². The highest BCUT2D eigenvalue weighted by Crippen LogP contribution is 2.45. The Kier molecular flexibility index (Phi) is 6.71. The average molecular weight is 430 g/mol. The van der Waals surface area contributed by atoms with Gasteiger partial charge in [0.15, 0.2) is 5.78 Å². The molecule has 3 rings (SSSR count). The second-order valence-electron chi connectivity index (χ2n) is 6.73. The minimum Gasteiger partial charge on any atom is -0.398 e. The number of halogens is 2. The number of aryl methyl sites for hydroxylation is 2. The molecule has 0 aliphatic rings. The molecule has 0 bridgehead atoms. The van der Waals surface area contributed by atoms with Crippen molar-refractivity contribution in [3.05, 3.63) is 93.0 Å². The van der Waals surface area contributed by atoms with Gasteiger partial charge in [-0.15, -0.1) is 11.8 Å². The number of hydrogen-bond donors (Lipinski definition) is 1. The van der Waals surface area contributed by atoms with Gasteiger partial charge in [0.25, 0.3) is 0 Å². The second-order valence-corrected chi connectivity index (χ2v) is 8.78. The van der Waals surface area contributed by atoms with Crippen LogP contribution in [0.4, 0.5) is 5.69 Å². The number of Topliss-reactive ketones (excluding diaryl/α,β-unsaturated/α-hetero) is 1. The van der Waals surface area contributed by atoms with E-state index in [1.165, 1.54) is 11.8 Å². The van der Waals surface area contributed by atoms with E-state index in [2.05, 4.69) is 0 Å². The molecular formula is C23H21Cl2NOS. The van der Waals surface area contributed by atoms with Gasteiger partial charge < -0.3 is 5.73 Å². The first-order valence-electron chi connectivity index (χ1n) is 8.92. The monoisotopic (exact) mass is 429 g/mol. The van der Waals surface area contributed by atoms with Crippen LogP contribution in [0, 0.1) is 13.8 Å². The summed E-state index contributed by atoms with van der Waals surface area (Å²) < 4.78 is 0. The Labute approximate surface area is 180 Å². The van der Waals surface area contributed by atoms with Crippen molar-refractivity contribution in [2.24, 2.45) is 0 Å².